The Hall–Kier alpha value is -0.700. The van der Waals surface area contributed by atoms with Crippen molar-refractivity contribution >= 4 is 17.8 Å². The number of thioether (sulfide) groups is 1. The quantitative estimate of drug-likeness (QED) is 0.695. The van der Waals surface area contributed by atoms with E-state index in [0.29, 0.717) is 0 Å². The second-order valence-electron chi connectivity index (χ2n) is 2.14. The largest absolute Gasteiger partial charge is 0.364 e. The molecule has 1 rings (SSSR count). The van der Waals surface area contributed by atoms with Crippen LogP contribution < -0.4 is 0 Å². The standard InChI is InChI=1S/C8H11NOS/c1-3-11-5-4-8-7(2)6-10-9-8/h4-6H,3H2,1-2H3. The van der Waals surface area contributed by atoms with E-state index in [9.17, 15) is 0 Å². The van der Waals surface area contributed by atoms with Crippen LogP contribution >= 0.6 is 11.8 Å². The number of rotatable bonds is 3. The Morgan fingerprint density at radius 3 is 3.09 bits per heavy atom. The molecule has 0 aliphatic heterocycles. The summed E-state index contributed by atoms with van der Waals surface area (Å²) in [5.74, 6) is 1.09. The summed E-state index contributed by atoms with van der Waals surface area (Å²) in [5, 5.41) is 5.85. The van der Waals surface area contributed by atoms with Crippen LogP contribution in [-0.4, -0.2) is 10.9 Å². The van der Waals surface area contributed by atoms with Gasteiger partial charge in [-0.2, -0.15) is 0 Å². The van der Waals surface area contributed by atoms with E-state index in [1.807, 2.05) is 18.4 Å². The third kappa shape index (κ3) is 2.42. The summed E-state index contributed by atoms with van der Waals surface area (Å²) in [5.41, 5.74) is 2.00. The molecule has 0 radical (unpaired) electrons. The summed E-state index contributed by atoms with van der Waals surface area (Å²) < 4.78 is 4.77. The molecule has 0 aliphatic carbocycles. The molecule has 0 amide bonds. The lowest BCUT2D eigenvalue weighted by atomic mass is 10.3. The van der Waals surface area contributed by atoms with Crippen LogP contribution in [0.25, 0.3) is 6.08 Å². The van der Waals surface area contributed by atoms with Crippen molar-refractivity contribution in [2.45, 2.75) is 13.8 Å². The van der Waals surface area contributed by atoms with Gasteiger partial charge in [-0.05, 0) is 24.2 Å². The minimum absolute atomic E-state index is 0.922. The summed E-state index contributed by atoms with van der Waals surface area (Å²) in [6.45, 7) is 4.09. The highest BCUT2D eigenvalue weighted by molar-refractivity contribution is 8.02. The summed E-state index contributed by atoms with van der Waals surface area (Å²) >= 11 is 1.75. The van der Waals surface area contributed by atoms with Gasteiger partial charge < -0.3 is 4.52 Å². The number of aromatic nitrogens is 1. The van der Waals surface area contributed by atoms with Gasteiger partial charge in [-0.25, -0.2) is 0 Å². The van der Waals surface area contributed by atoms with E-state index < -0.39 is 0 Å². The van der Waals surface area contributed by atoms with Gasteiger partial charge in [-0.1, -0.05) is 12.1 Å². The summed E-state index contributed by atoms with van der Waals surface area (Å²) in [6.07, 6.45) is 3.61. The van der Waals surface area contributed by atoms with Gasteiger partial charge in [0.2, 0.25) is 0 Å². The molecule has 0 N–H and O–H groups in total. The average Bonchev–Trinajstić information content (AvgIpc) is 2.37. The van der Waals surface area contributed by atoms with Crippen molar-refractivity contribution in [2.24, 2.45) is 0 Å². The first-order valence-corrected chi connectivity index (χ1v) is 4.58. The third-order valence-corrected chi connectivity index (χ3v) is 1.94. The Morgan fingerprint density at radius 1 is 1.73 bits per heavy atom. The second-order valence-corrected chi connectivity index (χ2v) is 3.32. The Balaban J connectivity index is 2.56. The first kappa shape index (κ1) is 8.40. The van der Waals surface area contributed by atoms with Crippen LogP contribution in [0.2, 0.25) is 0 Å². The van der Waals surface area contributed by atoms with Gasteiger partial charge in [-0.3, -0.25) is 0 Å². The SMILES string of the molecule is CCSC=Cc1nocc1C. The lowest BCUT2D eigenvalue weighted by Crippen LogP contribution is -1.72. The van der Waals surface area contributed by atoms with Crippen LogP contribution in [0.3, 0.4) is 0 Å². The minimum Gasteiger partial charge on any atom is -0.364 e. The molecule has 1 heterocycles. The first-order chi connectivity index (χ1) is 5.34. The fourth-order valence-corrected chi connectivity index (χ4v) is 1.08. The van der Waals surface area contributed by atoms with E-state index in [1.165, 1.54) is 0 Å². The Kier molecular flexibility index (Phi) is 3.23. The van der Waals surface area contributed by atoms with Crippen LogP contribution in [0, 0.1) is 6.92 Å². The third-order valence-electron chi connectivity index (χ3n) is 1.27. The highest BCUT2D eigenvalue weighted by Crippen LogP contribution is 2.09. The van der Waals surface area contributed by atoms with Crippen LogP contribution in [0.5, 0.6) is 0 Å². The van der Waals surface area contributed by atoms with Gasteiger partial charge in [0.15, 0.2) is 0 Å². The van der Waals surface area contributed by atoms with Crippen molar-refractivity contribution < 1.29 is 4.52 Å². The van der Waals surface area contributed by atoms with Gasteiger partial charge in [0.1, 0.15) is 12.0 Å². The Labute approximate surface area is 70.7 Å². The van der Waals surface area contributed by atoms with E-state index in [4.69, 9.17) is 4.52 Å². The zero-order valence-corrected chi connectivity index (χ0v) is 7.52. The van der Waals surface area contributed by atoms with Gasteiger partial charge in [0.25, 0.3) is 0 Å². The summed E-state index contributed by atoms with van der Waals surface area (Å²) in [7, 11) is 0. The predicted octanol–water partition coefficient (Wildman–Crippen LogP) is 2.71. The Bertz CT molecular complexity index is 242. The zero-order valence-electron chi connectivity index (χ0n) is 6.70. The van der Waals surface area contributed by atoms with Crippen molar-refractivity contribution in [3.63, 3.8) is 0 Å². The first-order valence-electron chi connectivity index (χ1n) is 3.53. The molecule has 0 aliphatic rings. The lowest BCUT2D eigenvalue weighted by Gasteiger charge is -1.84. The Morgan fingerprint density at radius 2 is 2.55 bits per heavy atom. The van der Waals surface area contributed by atoms with Gasteiger partial charge in [0.05, 0.1) is 0 Å². The molecule has 1 aromatic heterocycles. The van der Waals surface area contributed by atoms with E-state index in [1.54, 1.807) is 18.0 Å². The molecule has 60 valence electrons. The molecule has 0 aromatic carbocycles. The topological polar surface area (TPSA) is 26.0 Å². The predicted molar refractivity (Wildman–Crippen MR) is 48.4 cm³/mol. The van der Waals surface area contributed by atoms with E-state index in [0.717, 1.165) is 17.0 Å². The lowest BCUT2D eigenvalue weighted by molar-refractivity contribution is 0.418. The fraction of sp³-hybridized carbons (Fsp3) is 0.375. The van der Waals surface area contributed by atoms with Gasteiger partial charge >= 0.3 is 0 Å². The van der Waals surface area contributed by atoms with Crippen LogP contribution in [0.4, 0.5) is 0 Å². The van der Waals surface area contributed by atoms with E-state index in [-0.39, 0.29) is 0 Å². The highest BCUT2D eigenvalue weighted by atomic mass is 32.2. The molecule has 0 fully saturated rings. The monoisotopic (exact) mass is 169 g/mol. The van der Waals surface area contributed by atoms with Crippen molar-refractivity contribution in [1.82, 2.24) is 5.16 Å². The van der Waals surface area contributed by atoms with E-state index in [2.05, 4.69) is 12.1 Å². The molecule has 2 nitrogen and oxygen atoms in total. The number of aryl methyl sites for hydroxylation is 1. The molecular formula is C8H11NOS. The second kappa shape index (κ2) is 4.23. The molecule has 0 bridgehead atoms. The molecule has 11 heavy (non-hydrogen) atoms. The number of nitrogens with zero attached hydrogens (tertiary/aromatic N) is 1. The van der Waals surface area contributed by atoms with E-state index >= 15 is 0 Å². The fourth-order valence-electron chi connectivity index (χ4n) is 0.665. The van der Waals surface area contributed by atoms with Crippen LogP contribution in [0.15, 0.2) is 16.2 Å². The molecule has 0 saturated heterocycles. The maximum absolute atomic E-state index is 4.77. The maximum Gasteiger partial charge on any atom is 0.127 e. The maximum atomic E-state index is 4.77. The van der Waals surface area contributed by atoms with Crippen LogP contribution in [-0.2, 0) is 0 Å². The van der Waals surface area contributed by atoms with Gasteiger partial charge in [-0.15, -0.1) is 11.8 Å². The van der Waals surface area contributed by atoms with Crippen molar-refractivity contribution in [3.8, 4) is 0 Å². The molecule has 1 aromatic rings. The normalized spacial score (nSPS) is 11.1. The van der Waals surface area contributed by atoms with Gasteiger partial charge in [0, 0.05) is 5.56 Å². The van der Waals surface area contributed by atoms with Crippen molar-refractivity contribution in [2.75, 3.05) is 5.75 Å². The highest BCUT2D eigenvalue weighted by Gasteiger charge is 1.95. The van der Waals surface area contributed by atoms with Crippen molar-refractivity contribution in [3.05, 3.63) is 22.9 Å². The average molecular weight is 169 g/mol. The van der Waals surface area contributed by atoms with Crippen LogP contribution in [0.1, 0.15) is 18.2 Å². The smallest absolute Gasteiger partial charge is 0.127 e. The van der Waals surface area contributed by atoms with Crippen molar-refractivity contribution in [1.29, 1.82) is 0 Å². The molecule has 0 atom stereocenters. The molecular weight excluding hydrogens is 158 g/mol. The molecule has 0 saturated carbocycles. The zero-order chi connectivity index (χ0) is 8.10. The summed E-state index contributed by atoms with van der Waals surface area (Å²) in [4.78, 5) is 0. The summed E-state index contributed by atoms with van der Waals surface area (Å²) in [6, 6.07) is 0. The molecule has 3 heteroatoms. The minimum atomic E-state index is 0.922. The number of hydrogen-bond acceptors (Lipinski definition) is 3. The number of hydrogen-bond donors (Lipinski definition) is 0. The molecule has 0 spiro atoms. The molecule has 0 unspecified atom stereocenters.